The van der Waals surface area contributed by atoms with Crippen LogP contribution in [0.2, 0.25) is 0 Å². The summed E-state index contributed by atoms with van der Waals surface area (Å²) in [6, 6.07) is 3.37. The van der Waals surface area contributed by atoms with Gasteiger partial charge in [0.1, 0.15) is 0 Å². The Morgan fingerprint density at radius 2 is 2.15 bits per heavy atom. The maximum absolute atomic E-state index is 12.7. The molecule has 0 N–H and O–H groups in total. The fraction of sp³-hybridized carbons (Fsp3) is 0.357. The van der Waals surface area contributed by atoms with E-state index in [2.05, 4.69) is 10.1 Å². The molecule has 0 saturated heterocycles. The van der Waals surface area contributed by atoms with E-state index < -0.39 is 0 Å². The molecule has 0 radical (unpaired) electrons. The van der Waals surface area contributed by atoms with E-state index in [1.165, 1.54) is 14.2 Å². The van der Waals surface area contributed by atoms with Gasteiger partial charge in [0.2, 0.25) is 11.7 Å². The van der Waals surface area contributed by atoms with Crippen LogP contribution in [-0.2, 0) is 6.54 Å². The smallest absolute Gasteiger partial charge is 0.224 e. The summed E-state index contributed by atoms with van der Waals surface area (Å²) in [5, 5.41) is 4.19. The number of hydrogen-bond donors (Lipinski definition) is 0. The normalized spacial score (nSPS) is 10.3. The molecule has 2 aromatic heterocycles. The van der Waals surface area contributed by atoms with Crippen molar-refractivity contribution in [3.05, 3.63) is 35.8 Å². The summed E-state index contributed by atoms with van der Waals surface area (Å²) in [7, 11) is 3.00. The Labute approximate surface area is 117 Å². The minimum atomic E-state index is -0.210. The molecule has 0 amide bonds. The molecule has 2 aromatic rings. The highest BCUT2D eigenvalue weighted by molar-refractivity contribution is 6.10. The zero-order chi connectivity index (χ0) is 14.5. The molecule has 0 aliphatic rings. The number of methoxy groups -OCH3 is 2. The Balaban J connectivity index is 2.49. The van der Waals surface area contributed by atoms with Crippen molar-refractivity contribution in [2.45, 2.75) is 19.9 Å². The predicted molar refractivity (Wildman–Crippen MR) is 73.3 cm³/mol. The number of aromatic nitrogens is 3. The van der Waals surface area contributed by atoms with Crippen LogP contribution in [0.5, 0.6) is 11.6 Å². The Kier molecular flexibility index (Phi) is 4.34. The highest BCUT2D eigenvalue weighted by Crippen LogP contribution is 2.25. The van der Waals surface area contributed by atoms with E-state index >= 15 is 0 Å². The van der Waals surface area contributed by atoms with Gasteiger partial charge in [-0.2, -0.15) is 5.10 Å². The number of hydrogen-bond acceptors (Lipinski definition) is 5. The predicted octanol–water partition coefficient (Wildman–Crippen LogP) is 1.94. The summed E-state index contributed by atoms with van der Waals surface area (Å²) in [4.78, 5) is 16.7. The second-order valence-corrected chi connectivity index (χ2v) is 4.17. The average molecular weight is 275 g/mol. The lowest BCUT2D eigenvalue weighted by molar-refractivity contribution is 0.102. The molecule has 0 saturated carbocycles. The van der Waals surface area contributed by atoms with Crippen molar-refractivity contribution in [1.29, 1.82) is 0 Å². The van der Waals surface area contributed by atoms with Gasteiger partial charge < -0.3 is 9.47 Å². The quantitative estimate of drug-likeness (QED) is 0.754. The zero-order valence-corrected chi connectivity index (χ0v) is 11.8. The lowest BCUT2D eigenvalue weighted by Crippen LogP contribution is -2.14. The average Bonchev–Trinajstić information content (AvgIpc) is 2.89. The molecule has 0 bridgehead atoms. The first-order chi connectivity index (χ1) is 9.72. The topological polar surface area (TPSA) is 66.2 Å². The van der Waals surface area contributed by atoms with Crippen molar-refractivity contribution < 1.29 is 14.3 Å². The van der Waals surface area contributed by atoms with E-state index in [-0.39, 0.29) is 5.78 Å². The van der Waals surface area contributed by atoms with Crippen LogP contribution in [-0.4, -0.2) is 34.8 Å². The summed E-state index contributed by atoms with van der Waals surface area (Å²) in [6.07, 6.45) is 4.00. The van der Waals surface area contributed by atoms with Crippen LogP contribution in [0.3, 0.4) is 0 Å². The molecule has 0 aliphatic carbocycles. The monoisotopic (exact) mass is 275 g/mol. The molecule has 2 rings (SSSR count). The van der Waals surface area contributed by atoms with Gasteiger partial charge in [-0.25, -0.2) is 4.98 Å². The van der Waals surface area contributed by atoms with Crippen molar-refractivity contribution in [1.82, 2.24) is 14.8 Å². The third kappa shape index (κ3) is 2.49. The Morgan fingerprint density at radius 1 is 1.35 bits per heavy atom. The molecule has 0 atom stereocenters. The van der Waals surface area contributed by atoms with Crippen LogP contribution in [0.1, 0.15) is 29.4 Å². The van der Waals surface area contributed by atoms with E-state index in [4.69, 9.17) is 9.47 Å². The highest BCUT2D eigenvalue weighted by atomic mass is 16.5. The van der Waals surface area contributed by atoms with Crippen LogP contribution >= 0.6 is 0 Å². The molecule has 6 nitrogen and oxygen atoms in total. The Morgan fingerprint density at radius 3 is 2.80 bits per heavy atom. The Bertz CT molecular complexity index is 607. The molecular formula is C14H17N3O3. The van der Waals surface area contributed by atoms with E-state index in [1.54, 1.807) is 29.2 Å². The Hall–Kier alpha value is -2.37. The van der Waals surface area contributed by atoms with Gasteiger partial charge in [-0.15, -0.1) is 0 Å². The zero-order valence-electron chi connectivity index (χ0n) is 11.8. The maximum atomic E-state index is 12.7. The molecule has 2 heterocycles. The molecule has 106 valence electrons. The minimum absolute atomic E-state index is 0.210. The van der Waals surface area contributed by atoms with Gasteiger partial charge in [0.25, 0.3) is 0 Å². The van der Waals surface area contributed by atoms with Crippen LogP contribution in [0.25, 0.3) is 0 Å². The molecule has 20 heavy (non-hydrogen) atoms. The first-order valence-electron chi connectivity index (χ1n) is 6.36. The maximum Gasteiger partial charge on any atom is 0.224 e. The number of rotatable bonds is 6. The number of pyridine rings is 1. The number of carbonyl (C=O) groups excluding carboxylic acids is 1. The van der Waals surface area contributed by atoms with Gasteiger partial charge in [-0.05, 0) is 18.6 Å². The van der Waals surface area contributed by atoms with Crippen molar-refractivity contribution in [3.63, 3.8) is 0 Å². The summed E-state index contributed by atoms with van der Waals surface area (Å²) >= 11 is 0. The van der Waals surface area contributed by atoms with E-state index in [9.17, 15) is 4.79 Å². The molecule has 0 unspecified atom stereocenters. The molecule has 0 fully saturated rings. The van der Waals surface area contributed by atoms with Crippen LogP contribution in [0.4, 0.5) is 0 Å². The van der Waals surface area contributed by atoms with Crippen molar-refractivity contribution in [3.8, 4) is 11.6 Å². The van der Waals surface area contributed by atoms with E-state index in [0.717, 1.165) is 6.42 Å². The van der Waals surface area contributed by atoms with E-state index in [0.29, 0.717) is 29.4 Å². The standard InChI is InChI=1S/C14H17N3O3/c1-4-8-17-12(11(19-2)9-16-17)13(18)10-6-5-7-15-14(10)20-3/h5-7,9H,4,8H2,1-3H3. The van der Waals surface area contributed by atoms with Gasteiger partial charge in [0, 0.05) is 12.7 Å². The lowest BCUT2D eigenvalue weighted by atomic mass is 10.1. The van der Waals surface area contributed by atoms with Crippen molar-refractivity contribution >= 4 is 5.78 Å². The third-order valence-corrected chi connectivity index (χ3v) is 2.89. The second-order valence-electron chi connectivity index (χ2n) is 4.17. The van der Waals surface area contributed by atoms with Crippen molar-refractivity contribution in [2.24, 2.45) is 0 Å². The number of nitrogens with zero attached hydrogens (tertiary/aromatic N) is 3. The summed E-state index contributed by atoms with van der Waals surface area (Å²) in [5.74, 6) is 0.538. The van der Waals surface area contributed by atoms with Crippen LogP contribution in [0, 0.1) is 0 Å². The second kappa shape index (κ2) is 6.18. The molecule has 0 aromatic carbocycles. The first kappa shape index (κ1) is 14.0. The largest absolute Gasteiger partial charge is 0.493 e. The fourth-order valence-corrected chi connectivity index (χ4v) is 1.98. The van der Waals surface area contributed by atoms with Gasteiger partial charge in [0.15, 0.2) is 11.4 Å². The molecule has 6 heteroatoms. The summed E-state index contributed by atoms with van der Waals surface area (Å²) < 4.78 is 12.0. The fourth-order valence-electron chi connectivity index (χ4n) is 1.98. The van der Waals surface area contributed by atoms with Gasteiger partial charge in [-0.1, -0.05) is 6.92 Å². The van der Waals surface area contributed by atoms with Gasteiger partial charge in [0.05, 0.1) is 26.0 Å². The minimum Gasteiger partial charge on any atom is -0.493 e. The lowest BCUT2D eigenvalue weighted by Gasteiger charge is -2.09. The van der Waals surface area contributed by atoms with Gasteiger partial charge >= 0.3 is 0 Å². The first-order valence-corrected chi connectivity index (χ1v) is 6.36. The molecule has 0 spiro atoms. The van der Waals surface area contributed by atoms with Crippen LogP contribution < -0.4 is 9.47 Å². The highest BCUT2D eigenvalue weighted by Gasteiger charge is 2.23. The summed E-state index contributed by atoms with van der Waals surface area (Å²) in [5.41, 5.74) is 0.812. The molecule has 0 aliphatic heterocycles. The number of ketones is 1. The molecular weight excluding hydrogens is 258 g/mol. The van der Waals surface area contributed by atoms with E-state index in [1.807, 2.05) is 6.92 Å². The van der Waals surface area contributed by atoms with Gasteiger partial charge in [-0.3, -0.25) is 9.48 Å². The number of ether oxygens (including phenoxy) is 2. The number of aryl methyl sites for hydroxylation is 1. The third-order valence-electron chi connectivity index (χ3n) is 2.89. The van der Waals surface area contributed by atoms with Crippen LogP contribution in [0.15, 0.2) is 24.5 Å². The SMILES string of the molecule is CCCn1ncc(OC)c1C(=O)c1cccnc1OC. The number of carbonyl (C=O) groups is 1. The van der Waals surface area contributed by atoms with Crippen molar-refractivity contribution in [2.75, 3.05) is 14.2 Å². The summed E-state index contributed by atoms with van der Waals surface area (Å²) in [6.45, 7) is 2.67.